The van der Waals surface area contributed by atoms with Crippen molar-refractivity contribution in [3.8, 4) is 0 Å². The molecule has 4 atom stereocenters. The molecule has 0 aromatic heterocycles. The predicted molar refractivity (Wildman–Crippen MR) is 72.7 cm³/mol. The standard InChI is InChI=1S/C15H20N2O/c1-9-10(2)14-8-16-13-7-5-4-6-12(13)15(18)17(14)11(9)3/h4-7,9-11,14,16H,8H2,1-3H3/t9?,10?,11?,14-/m1/s1. The van der Waals surface area contributed by atoms with Gasteiger partial charge in [-0.15, -0.1) is 0 Å². The first-order valence-corrected chi connectivity index (χ1v) is 6.77. The Morgan fingerprint density at radius 2 is 1.89 bits per heavy atom. The lowest BCUT2D eigenvalue weighted by atomic mass is 9.91. The number of carbonyl (C=O) groups is 1. The first-order valence-electron chi connectivity index (χ1n) is 6.77. The highest BCUT2D eigenvalue weighted by molar-refractivity contribution is 6.00. The van der Waals surface area contributed by atoms with Crippen LogP contribution in [0.15, 0.2) is 24.3 Å². The van der Waals surface area contributed by atoms with Crippen LogP contribution in [0.3, 0.4) is 0 Å². The molecule has 0 saturated carbocycles. The van der Waals surface area contributed by atoms with Crippen LogP contribution in [0.4, 0.5) is 5.69 Å². The van der Waals surface area contributed by atoms with Crippen LogP contribution >= 0.6 is 0 Å². The van der Waals surface area contributed by atoms with Crippen molar-refractivity contribution in [1.29, 1.82) is 0 Å². The molecule has 3 heteroatoms. The Bertz CT molecular complexity index is 485. The van der Waals surface area contributed by atoms with E-state index in [-0.39, 0.29) is 5.91 Å². The van der Waals surface area contributed by atoms with E-state index in [0.29, 0.717) is 23.9 Å². The quantitative estimate of drug-likeness (QED) is 0.761. The largest absolute Gasteiger partial charge is 0.382 e. The SMILES string of the molecule is CC1C(C)[C@H]2CNc3ccccc3C(=O)N2C1C. The van der Waals surface area contributed by atoms with Crippen LogP contribution in [0.25, 0.3) is 0 Å². The van der Waals surface area contributed by atoms with Crippen LogP contribution in [0.5, 0.6) is 0 Å². The third-order valence-electron chi connectivity index (χ3n) is 4.89. The molecular formula is C15H20N2O. The lowest BCUT2D eigenvalue weighted by Gasteiger charge is -2.27. The molecule has 3 rings (SSSR count). The number of para-hydroxylation sites is 1. The van der Waals surface area contributed by atoms with Crippen molar-refractivity contribution in [2.24, 2.45) is 11.8 Å². The summed E-state index contributed by atoms with van der Waals surface area (Å²) < 4.78 is 0. The molecule has 3 nitrogen and oxygen atoms in total. The first kappa shape index (κ1) is 11.6. The van der Waals surface area contributed by atoms with Gasteiger partial charge in [0.25, 0.3) is 5.91 Å². The highest BCUT2D eigenvalue weighted by Gasteiger charge is 2.45. The van der Waals surface area contributed by atoms with Crippen molar-refractivity contribution < 1.29 is 4.79 Å². The zero-order valence-electron chi connectivity index (χ0n) is 11.2. The Morgan fingerprint density at radius 1 is 1.17 bits per heavy atom. The van der Waals surface area contributed by atoms with Crippen molar-refractivity contribution in [1.82, 2.24) is 4.90 Å². The van der Waals surface area contributed by atoms with Crippen molar-refractivity contribution in [3.63, 3.8) is 0 Å². The third-order valence-corrected chi connectivity index (χ3v) is 4.89. The molecule has 1 N–H and O–H groups in total. The van der Waals surface area contributed by atoms with Gasteiger partial charge in [-0.2, -0.15) is 0 Å². The van der Waals surface area contributed by atoms with Crippen molar-refractivity contribution in [3.05, 3.63) is 29.8 Å². The molecule has 1 saturated heterocycles. The summed E-state index contributed by atoms with van der Waals surface area (Å²) in [5.41, 5.74) is 1.79. The van der Waals surface area contributed by atoms with E-state index in [0.717, 1.165) is 17.8 Å². The Labute approximate surface area is 108 Å². The number of rotatable bonds is 0. The van der Waals surface area contributed by atoms with Gasteiger partial charge < -0.3 is 10.2 Å². The highest BCUT2D eigenvalue weighted by atomic mass is 16.2. The second-order valence-corrected chi connectivity index (χ2v) is 5.67. The van der Waals surface area contributed by atoms with Gasteiger partial charge in [-0.05, 0) is 30.9 Å². The molecule has 1 aromatic rings. The van der Waals surface area contributed by atoms with Gasteiger partial charge in [-0.1, -0.05) is 26.0 Å². The molecule has 0 bridgehead atoms. The molecule has 96 valence electrons. The molecule has 2 aliphatic rings. The number of amides is 1. The summed E-state index contributed by atoms with van der Waals surface area (Å²) in [6.45, 7) is 7.55. The molecule has 2 heterocycles. The summed E-state index contributed by atoms with van der Waals surface area (Å²) in [6, 6.07) is 8.47. The first-order chi connectivity index (χ1) is 8.61. The number of benzene rings is 1. The summed E-state index contributed by atoms with van der Waals surface area (Å²) in [6.07, 6.45) is 0. The maximum atomic E-state index is 12.7. The number of anilines is 1. The minimum atomic E-state index is 0.185. The number of fused-ring (bicyclic) bond motifs is 2. The molecule has 0 aliphatic carbocycles. The lowest BCUT2D eigenvalue weighted by Crippen LogP contribution is -2.42. The van der Waals surface area contributed by atoms with Crippen LogP contribution in [-0.4, -0.2) is 29.4 Å². The molecule has 3 unspecified atom stereocenters. The minimum Gasteiger partial charge on any atom is -0.382 e. The van der Waals surface area contributed by atoms with E-state index in [2.05, 4.69) is 31.0 Å². The van der Waals surface area contributed by atoms with Crippen molar-refractivity contribution >= 4 is 11.6 Å². The van der Waals surface area contributed by atoms with Crippen molar-refractivity contribution in [2.45, 2.75) is 32.9 Å². The van der Waals surface area contributed by atoms with Crippen LogP contribution in [0.1, 0.15) is 31.1 Å². The van der Waals surface area contributed by atoms with Gasteiger partial charge in [-0.25, -0.2) is 0 Å². The fourth-order valence-electron chi connectivity index (χ4n) is 3.40. The van der Waals surface area contributed by atoms with Crippen molar-refractivity contribution in [2.75, 3.05) is 11.9 Å². The van der Waals surface area contributed by atoms with Gasteiger partial charge in [-0.3, -0.25) is 4.79 Å². The maximum absolute atomic E-state index is 12.7. The maximum Gasteiger partial charge on any atom is 0.256 e. The van der Waals surface area contributed by atoms with E-state index >= 15 is 0 Å². The van der Waals surface area contributed by atoms with Gasteiger partial charge in [0.1, 0.15) is 0 Å². The van der Waals surface area contributed by atoms with E-state index in [9.17, 15) is 4.79 Å². The minimum absolute atomic E-state index is 0.185. The second kappa shape index (κ2) is 4.01. The smallest absolute Gasteiger partial charge is 0.256 e. The molecule has 0 spiro atoms. The number of carbonyl (C=O) groups excluding carboxylic acids is 1. The van der Waals surface area contributed by atoms with E-state index in [4.69, 9.17) is 0 Å². The zero-order valence-corrected chi connectivity index (χ0v) is 11.2. The Kier molecular flexibility index (Phi) is 2.58. The average molecular weight is 244 g/mol. The number of nitrogens with zero attached hydrogens (tertiary/aromatic N) is 1. The topological polar surface area (TPSA) is 32.3 Å². The summed E-state index contributed by atoms with van der Waals surface area (Å²) in [5, 5.41) is 3.44. The summed E-state index contributed by atoms with van der Waals surface area (Å²) >= 11 is 0. The molecule has 18 heavy (non-hydrogen) atoms. The summed E-state index contributed by atoms with van der Waals surface area (Å²) in [4.78, 5) is 14.8. The van der Waals surface area contributed by atoms with Gasteiger partial charge in [0.05, 0.1) is 11.6 Å². The van der Waals surface area contributed by atoms with Gasteiger partial charge in [0.15, 0.2) is 0 Å². The van der Waals surface area contributed by atoms with Crippen LogP contribution in [0.2, 0.25) is 0 Å². The van der Waals surface area contributed by atoms with E-state index in [1.54, 1.807) is 0 Å². The molecular weight excluding hydrogens is 224 g/mol. The molecule has 1 fully saturated rings. The normalized spacial score (nSPS) is 34.6. The fraction of sp³-hybridized carbons (Fsp3) is 0.533. The predicted octanol–water partition coefficient (Wildman–Crippen LogP) is 2.60. The van der Waals surface area contributed by atoms with Crippen LogP contribution in [0, 0.1) is 11.8 Å². The van der Waals surface area contributed by atoms with Gasteiger partial charge >= 0.3 is 0 Å². The Morgan fingerprint density at radius 3 is 2.67 bits per heavy atom. The van der Waals surface area contributed by atoms with Gasteiger partial charge in [0, 0.05) is 18.3 Å². The zero-order chi connectivity index (χ0) is 12.9. The van der Waals surface area contributed by atoms with Crippen LogP contribution < -0.4 is 5.32 Å². The Hall–Kier alpha value is -1.51. The number of nitrogens with one attached hydrogen (secondary N) is 1. The van der Waals surface area contributed by atoms with Crippen LogP contribution in [-0.2, 0) is 0 Å². The lowest BCUT2D eigenvalue weighted by molar-refractivity contribution is 0.0677. The second-order valence-electron chi connectivity index (χ2n) is 5.67. The average Bonchev–Trinajstić information content (AvgIpc) is 2.53. The van der Waals surface area contributed by atoms with E-state index in [1.807, 2.05) is 24.3 Å². The molecule has 0 radical (unpaired) electrons. The summed E-state index contributed by atoms with van der Waals surface area (Å²) in [7, 11) is 0. The third kappa shape index (κ3) is 1.46. The number of hydrogen-bond acceptors (Lipinski definition) is 2. The molecule has 2 aliphatic heterocycles. The molecule has 1 aromatic carbocycles. The highest BCUT2D eigenvalue weighted by Crippen LogP contribution is 2.38. The number of hydrogen-bond donors (Lipinski definition) is 1. The summed E-state index contributed by atoms with van der Waals surface area (Å²) in [5.74, 6) is 1.29. The van der Waals surface area contributed by atoms with Gasteiger partial charge in [0.2, 0.25) is 0 Å². The van der Waals surface area contributed by atoms with E-state index in [1.165, 1.54) is 0 Å². The monoisotopic (exact) mass is 244 g/mol. The molecule has 1 amide bonds. The van der Waals surface area contributed by atoms with E-state index < -0.39 is 0 Å². The Balaban J connectivity index is 2.05. The fourth-order valence-corrected chi connectivity index (χ4v) is 3.40.